The van der Waals surface area contributed by atoms with E-state index in [0.717, 1.165) is 0 Å². The van der Waals surface area contributed by atoms with Crippen LogP contribution in [0.4, 0.5) is 16.6 Å². The summed E-state index contributed by atoms with van der Waals surface area (Å²) in [5, 5.41) is 4.90. The molecule has 1 atom stereocenters. The van der Waals surface area contributed by atoms with E-state index in [2.05, 4.69) is 35.5 Å². The van der Waals surface area contributed by atoms with Gasteiger partial charge in [0.2, 0.25) is 5.95 Å². The number of hydrogen-bond acceptors (Lipinski definition) is 9. The molecule has 2 N–H and O–H groups in total. The molecule has 0 spiro atoms. The Balaban J connectivity index is 2.08. The summed E-state index contributed by atoms with van der Waals surface area (Å²) >= 11 is 0. The fraction of sp³-hybridized carbons (Fsp3) is 0.526. The number of nitrogens with one attached hydrogen (secondary N) is 2. The van der Waals surface area contributed by atoms with E-state index in [1.54, 1.807) is 19.9 Å². The van der Waals surface area contributed by atoms with Crippen LogP contribution >= 0.6 is 0 Å². The summed E-state index contributed by atoms with van der Waals surface area (Å²) in [5.41, 5.74) is 0.872. The Bertz CT molecular complexity index is 1060. The number of aromatic nitrogens is 4. The van der Waals surface area contributed by atoms with Crippen molar-refractivity contribution in [3.8, 4) is 11.4 Å². The van der Waals surface area contributed by atoms with Gasteiger partial charge in [-0.2, -0.15) is 0 Å². The monoisotopic (exact) mass is 449 g/mol. The average Bonchev–Trinajstić information content (AvgIpc) is 2.73. The van der Waals surface area contributed by atoms with Crippen LogP contribution in [0.15, 0.2) is 18.5 Å². The van der Waals surface area contributed by atoms with Gasteiger partial charge in [-0.15, -0.1) is 0 Å². The summed E-state index contributed by atoms with van der Waals surface area (Å²) in [5.74, 6) is 1.03. The first-order chi connectivity index (χ1) is 14.5. The second kappa shape index (κ2) is 8.71. The number of sulfone groups is 1. The number of carbonyl (C=O) groups excluding carboxylic acids is 1. The zero-order chi connectivity index (χ0) is 22.8. The summed E-state index contributed by atoms with van der Waals surface area (Å²) in [6, 6.07) is 1.35. The van der Waals surface area contributed by atoms with Crippen LogP contribution in [0.25, 0.3) is 11.4 Å². The van der Waals surface area contributed by atoms with Crippen LogP contribution in [0.1, 0.15) is 26.5 Å². The smallest absolute Gasteiger partial charge is 0.321 e. The van der Waals surface area contributed by atoms with Gasteiger partial charge in [-0.25, -0.2) is 33.1 Å². The highest BCUT2D eigenvalue weighted by Gasteiger charge is 2.35. The number of urea groups is 1. The van der Waals surface area contributed by atoms with Crippen LogP contribution < -0.4 is 15.5 Å². The van der Waals surface area contributed by atoms with Gasteiger partial charge in [-0.05, 0) is 20.8 Å². The Kier molecular flexibility index (Phi) is 6.41. The van der Waals surface area contributed by atoms with E-state index >= 15 is 0 Å². The van der Waals surface area contributed by atoms with Gasteiger partial charge in [0, 0.05) is 38.3 Å². The molecule has 1 fully saturated rings. The molecule has 3 heterocycles. The van der Waals surface area contributed by atoms with Crippen LogP contribution in [0.3, 0.4) is 0 Å². The molecule has 0 saturated carbocycles. The van der Waals surface area contributed by atoms with Crippen LogP contribution in [0.2, 0.25) is 0 Å². The number of anilines is 2. The van der Waals surface area contributed by atoms with Gasteiger partial charge < -0.3 is 15.0 Å². The molecule has 1 saturated heterocycles. The molecule has 0 aliphatic carbocycles. The predicted octanol–water partition coefficient (Wildman–Crippen LogP) is 1.19. The number of ether oxygens (including phenoxy) is 1. The van der Waals surface area contributed by atoms with E-state index in [-0.39, 0.29) is 12.0 Å². The molecule has 2 aromatic rings. The molecule has 0 radical (unpaired) electrons. The summed E-state index contributed by atoms with van der Waals surface area (Å²) < 4.78 is 29.2. The molecule has 0 aromatic carbocycles. The Morgan fingerprint density at radius 2 is 1.94 bits per heavy atom. The second-order valence-corrected chi connectivity index (χ2v) is 10.4. The van der Waals surface area contributed by atoms with Crippen molar-refractivity contribution in [1.82, 2.24) is 25.3 Å². The van der Waals surface area contributed by atoms with Gasteiger partial charge in [0.05, 0.1) is 30.5 Å². The molecule has 11 nitrogen and oxygen atoms in total. The molecule has 12 heteroatoms. The first-order valence-corrected chi connectivity index (χ1v) is 11.7. The Hall–Kier alpha value is -2.86. The van der Waals surface area contributed by atoms with Crippen LogP contribution in [0, 0.1) is 0 Å². The standard InChI is InChI=1S/C19H27N7O4S/c1-12-11-30-7-6-26(12)15-8-14(19(2,3)31(5,28)29)23-16(24-15)13-9-21-17(22-10-13)25-18(27)20-4/h8-10,12H,6-7,11H2,1-5H3,(H2,20,21,22,25,27)/t12-/m0/s1. The first-order valence-electron chi connectivity index (χ1n) is 9.77. The predicted molar refractivity (Wildman–Crippen MR) is 117 cm³/mol. The second-order valence-electron chi connectivity index (χ2n) is 7.83. The number of hydrogen-bond donors (Lipinski definition) is 2. The van der Waals surface area contributed by atoms with E-state index in [9.17, 15) is 13.2 Å². The maximum absolute atomic E-state index is 12.5. The first kappa shape index (κ1) is 22.8. The maximum Gasteiger partial charge on any atom is 0.321 e. The summed E-state index contributed by atoms with van der Waals surface area (Å²) in [6.07, 6.45) is 4.16. The third-order valence-electron chi connectivity index (χ3n) is 5.28. The molecule has 0 bridgehead atoms. The fourth-order valence-corrected chi connectivity index (χ4v) is 3.43. The van der Waals surface area contributed by atoms with Crippen LogP contribution in [-0.4, -0.2) is 73.5 Å². The molecule has 3 rings (SSSR count). The Morgan fingerprint density at radius 3 is 2.52 bits per heavy atom. The third kappa shape index (κ3) is 4.90. The Morgan fingerprint density at radius 1 is 1.26 bits per heavy atom. The highest BCUT2D eigenvalue weighted by Crippen LogP contribution is 2.32. The van der Waals surface area contributed by atoms with E-state index in [0.29, 0.717) is 42.7 Å². The number of amides is 2. The minimum atomic E-state index is -3.46. The molecule has 31 heavy (non-hydrogen) atoms. The molecular formula is C19H27N7O4S. The lowest BCUT2D eigenvalue weighted by Gasteiger charge is -2.35. The zero-order valence-electron chi connectivity index (χ0n) is 18.2. The third-order valence-corrected chi connectivity index (χ3v) is 7.34. The summed E-state index contributed by atoms with van der Waals surface area (Å²) in [4.78, 5) is 31.0. The van der Waals surface area contributed by atoms with Crippen LogP contribution in [-0.2, 0) is 19.3 Å². The molecule has 1 aliphatic heterocycles. The number of rotatable bonds is 5. The average molecular weight is 450 g/mol. The summed E-state index contributed by atoms with van der Waals surface area (Å²) in [7, 11) is -1.97. The van der Waals surface area contributed by atoms with Crippen molar-refractivity contribution in [2.75, 3.05) is 43.3 Å². The molecule has 168 valence electrons. The lowest BCUT2D eigenvalue weighted by molar-refractivity contribution is 0.0985. The molecule has 0 unspecified atom stereocenters. The van der Waals surface area contributed by atoms with E-state index in [4.69, 9.17) is 4.74 Å². The minimum Gasteiger partial charge on any atom is -0.377 e. The van der Waals surface area contributed by atoms with Crippen molar-refractivity contribution in [2.24, 2.45) is 0 Å². The Labute approximate surface area is 181 Å². The van der Waals surface area contributed by atoms with Crippen molar-refractivity contribution >= 4 is 27.6 Å². The van der Waals surface area contributed by atoms with Crippen LogP contribution in [0.5, 0.6) is 0 Å². The topological polar surface area (TPSA) is 139 Å². The van der Waals surface area contributed by atoms with Gasteiger partial charge in [0.25, 0.3) is 0 Å². The van der Waals surface area contributed by atoms with Gasteiger partial charge in [0.15, 0.2) is 15.7 Å². The molecular weight excluding hydrogens is 422 g/mol. The fourth-order valence-electron chi connectivity index (χ4n) is 2.95. The van der Waals surface area contributed by atoms with E-state index in [1.165, 1.54) is 25.7 Å². The van der Waals surface area contributed by atoms with Crippen molar-refractivity contribution in [3.05, 3.63) is 24.2 Å². The zero-order valence-corrected chi connectivity index (χ0v) is 19.0. The normalized spacial score (nSPS) is 17.3. The quantitative estimate of drug-likeness (QED) is 0.689. The number of morpholine rings is 1. The SMILES string of the molecule is CNC(=O)Nc1ncc(-c2nc(N3CCOC[C@@H]3C)cc(C(C)(C)S(C)(=O)=O)n2)cn1. The largest absolute Gasteiger partial charge is 0.377 e. The number of carbonyl (C=O) groups is 1. The van der Waals surface area contributed by atoms with Crippen molar-refractivity contribution < 1.29 is 17.9 Å². The van der Waals surface area contributed by atoms with Crippen molar-refractivity contribution in [2.45, 2.75) is 31.6 Å². The van der Waals surface area contributed by atoms with Gasteiger partial charge in [-0.3, -0.25) is 5.32 Å². The molecule has 2 aromatic heterocycles. The van der Waals surface area contributed by atoms with E-state index < -0.39 is 20.6 Å². The molecule has 2 amide bonds. The van der Waals surface area contributed by atoms with Gasteiger partial charge >= 0.3 is 6.03 Å². The maximum atomic E-state index is 12.5. The van der Waals surface area contributed by atoms with Crippen molar-refractivity contribution in [1.29, 1.82) is 0 Å². The number of nitrogens with zero attached hydrogens (tertiary/aromatic N) is 5. The van der Waals surface area contributed by atoms with Crippen molar-refractivity contribution in [3.63, 3.8) is 0 Å². The summed E-state index contributed by atoms with van der Waals surface area (Å²) in [6.45, 7) is 6.98. The van der Waals surface area contributed by atoms with Gasteiger partial charge in [0.1, 0.15) is 10.6 Å². The highest BCUT2D eigenvalue weighted by molar-refractivity contribution is 7.91. The molecule has 1 aliphatic rings. The van der Waals surface area contributed by atoms with Gasteiger partial charge in [-0.1, -0.05) is 0 Å². The lowest BCUT2D eigenvalue weighted by atomic mass is 10.1. The highest BCUT2D eigenvalue weighted by atomic mass is 32.2. The van der Waals surface area contributed by atoms with E-state index in [1.807, 2.05) is 6.92 Å². The minimum absolute atomic E-state index is 0.0704. The lowest BCUT2D eigenvalue weighted by Crippen LogP contribution is -2.44.